The Kier molecular flexibility index (Phi) is 5.55. The van der Waals surface area contributed by atoms with Crippen molar-refractivity contribution >= 4 is 11.8 Å². The van der Waals surface area contributed by atoms with Gasteiger partial charge in [-0.2, -0.15) is 4.98 Å². The van der Waals surface area contributed by atoms with Crippen LogP contribution in [0, 0.1) is 13.8 Å². The first kappa shape index (κ1) is 15.3. The number of benzene rings is 1. The van der Waals surface area contributed by atoms with E-state index in [0.29, 0.717) is 5.95 Å². The molecule has 0 aliphatic heterocycles. The van der Waals surface area contributed by atoms with Crippen LogP contribution in [0.4, 0.5) is 11.8 Å². The topological polar surface area (TPSA) is 49.8 Å². The van der Waals surface area contributed by atoms with Gasteiger partial charge in [0.1, 0.15) is 5.82 Å². The van der Waals surface area contributed by atoms with Gasteiger partial charge in [0.2, 0.25) is 5.95 Å². The average Bonchev–Trinajstić information content (AvgIpc) is 2.49. The molecule has 0 atom stereocenters. The fourth-order valence-corrected chi connectivity index (χ4v) is 2.15. The van der Waals surface area contributed by atoms with Crippen molar-refractivity contribution in [2.24, 2.45) is 0 Å². The van der Waals surface area contributed by atoms with Crippen molar-refractivity contribution in [2.45, 2.75) is 33.6 Å². The number of anilines is 2. The SMILES string of the molecule is CCCNc1ncc(C)c(NCCc2ccccc2C)n1. The molecule has 1 aromatic heterocycles. The normalized spacial score (nSPS) is 10.4. The summed E-state index contributed by atoms with van der Waals surface area (Å²) < 4.78 is 0. The Labute approximate surface area is 127 Å². The van der Waals surface area contributed by atoms with Gasteiger partial charge in [0.25, 0.3) is 0 Å². The molecule has 4 heteroatoms. The van der Waals surface area contributed by atoms with Gasteiger partial charge in [0.15, 0.2) is 0 Å². The minimum atomic E-state index is 0.695. The maximum absolute atomic E-state index is 4.53. The Morgan fingerprint density at radius 3 is 2.57 bits per heavy atom. The van der Waals surface area contributed by atoms with E-state index in [2.05, 4.69) is 58.7 Å². The van der Waals surface area contributed by atoms with E-state index in [4.69, 9.17) is 0 Å². The molecule has 112 valence electrons. The van der Waals surface area contributed by atoms with Crippen LogP contribution in [0.25, 0.3) is 0 Å². The summed E-state index contributed by atoms with van der Waals surface area (Å²) in [6.45, 7) is 8.07. The molecule has 1 aromatic carbocycles. The predicted octanol–water partition coefficient (Wildman–Crippen LogP) is 3.57. The summed E-state index contributed by atoms with van der Waals surface area (Å²) in [5.74, 6) is 1.61. The lowest BCUT2D eigenvalue weighted by atomic mass is 10.1. The third-order valence-corrected chi connectivity index (χ3v) is 3.45. The van der Waals surface area contributed by atoms with Crippen LogP contribution in [0.3, 0.4) is 0 Å². The third-order valence-electron chi connectivity index (χ3n) is 3.45. The summed E-state index contributed by atoms with van der Waals surface area (Å²) in [5.41, 5.74) is 3.78. The number of nitrogens with zero attached hydrogens (tertiary/aromatic N) is 2. The summed E-state index contributed by atoms with van der Waals surface area (Å²) in [4.78, 5) is 8.82. The second-order valence-electron chi connectivity index (χ2n) is 5.26. The Balaban J connectivity index is 1.94. The molecule has 1 heterocycles. The van der Waals surface area contributed by atoms with Crippen LogP contribution in [-0.2, 0) is 6.42 Å². The third kappa shape index (κ3) is 4.45. The Morgan fingerprint density at radius 1 is 1.00 bits per heavy atom. The van der Waals surface area contributed by atoms with E-state index in [-0.39, 0.29) is 0 Å². The first-order chi connectivity index (χ1) is 10.2. The Hall–Kier alpha value is -2.10. The molecule has 2 aromatic rings. The maximum atomic E-state index is 4.53. The summed E-state index contributed by atoms with van der Waals surface area (Å²) in [7, 11) is 0. The number of rotatable bonds is 7. The summed E-state index contributed by atoms with van der Waals surface area (Å²) in [6.07, 6.45) is 3.92. The van der Waals surface area contributed by atoms with E-state index in [1.807, 2.05) is 13.1 Å². The van der Waals surface area contributed by atoms with Gasteiger partial charge in [-0.1, -0.05) is 31.2 Å². The highest BCUT2D eigenvalue weighted by molar-refractivity contribution is 5.46. The molecule has 0 bridgehead atoms. The van der Waals surface area contributed by atoms with Gasteiger partial charge in [0.05, 0.1) is 0 Å². The maximum Gasteiger partial charge on any atom is 0.224 e. The molecule has 0 saturated heterocycles. The lowest BCUT2D eigenvalue weighted by Gasteiger charge is -2.11. The summed E-state index contributed by atoms with van der Waals surface area (Å²) in [6, 6.07) is 8.49. The molecule has 0 spiro atoms. The van der Waals surface area contributed by atoms with Crippen molar-refractivity contribution in [3.8, 4) is 0 Å². The van der Waals surface area contributed by atoms with Crippen molar-refractivity contribution < 1.29 is 0 Å². The van der Waals surface area contributed by atoms with Gasteiger partial charge in [0, 0.05) is 24.8 Å². The molecule has 0 unspecified atom stereocenters. The van der Waals surface area contributed by atoms with E-state index in [1.54, 1.807) is 0 Å². The second-order valence-corrected chi connectivity index (χ2v) is 5.26. The van der Waals surface area contributed by atoms with Crippen LogP contribution >= 0.6 is 0 Å². The second kappa shape index (κ2) is 7.62. The monoisotopic (exact) mass is 284 g/mol. The molecule has 21 heavy (non-hydrogen) atoms. The van der Waals surface area contributed by atoms with Crippen molar-refractivity contribution in [1.29, 1.82) is 0 Å². The van der Waals surface area contributed by atoms with Gasteiger partial charge in [-0.3, -0.25) is 0 Å². The first-order valence-corrected chi connectivity index (χ1v) is 7.56. The van der Waals surface area contributed by atoms with Crippen LogP contribution in [0.2, 0.25) is 0 Å². The van der Waals surface area contributed by atoms with Crippen LogP contribution in [0.1, 0.15) is 30.0 Å². The fourth-order valence-electron chi connectivity index (χ4n) is 2.15. The molecule has 0 amide bonds. The van der Waals surface area contributed by atoms with Crippen molar-refractivity contribution in [3.63, 3.8) is 0 Å². The van der Waals surface area contributed by atoms with Crippen LogP contribution in [-0.4, -0.2) is 23.1 Å². The van der Waals surface area contributed by atoms with E-state index in [0.717, 1.165) is 37.3 Å². The minimum Gasteiger partial charge on any atom is -0.369 e. The number of aromatic nitrogens is 2. The summed E-state index contributed by atoms with van der Waals surface area (Å²) in [5, 5.41) is 6.63. The molecule has 0 aliphatic carbocycles. The molecular formula is C17H24N4. The molecule has 2 rings (SSSR count). The van der Waals surface area contributed by atoms with Crippen LogP contribution < -0.4 is 10.6 Å². The van der Waals surface area contributed by atoms with E-state index >= 15 is 0 Å². The van der Waals surface area contributed by atoms with Gasteiger partial charge < -0.3 is 10.6 Å². The standard InChI is InChI=1S/C17H24N4/c1-4-10-19-17-20-12-14(3)16(21-17)18-11-9-15-8-6-5-7-13(15)2/h5-8,12H,4,9-11H2,1-3H3,(H2,18,19,20,21). The minimum absolute atomic E-state index is 0.695. The van der Waals surface area contributed by atoms with Crippen molar-refractivity contribution in [3.05, 3.63) is 47.2 Å². The zero-order valence-corrected chi connectivity index (χ0v) is 13.1. The first-order valence-electron chi connectivity index (χ1n) is 7.56. The van der Waals surface area contributed by atoms with Gasteiger partial charge in [-0.25, -0.2) is 4.98 Å². The molecule has 2 N–H and O–H groups in total. The molecule has 4 nitrogen and oxygen atoms in total. The number of hydrogen-bond acceptors (Lipinski definition) is 4. The zero-order valence-electron chi connectivity index (χ0n) is 13.1. The fraction of sp³-hybridized carbons (Fsp3) is 0.412. The zero-order chi connectivity index (χ0) is 15.1. The van der Waals surface area contributed by atoms with Crippen molar-refractivity contribution in [1.82, 2.24) is 9.97 Å². The summed E-state index contributed by atoms with van der Waals surface area (Å²) >= 11 is 0. The lowest BCUT2D eigenvalue weighted by Crippen LogP contribution is -2.11. The highest BCUT2D eigenvalue weighted by Gasteiger charge is 2.03. The van der Waals surface area contributed by atoms with Crippen LogP contribution in [0.5, 0.6) is 0 Å². The quantitative estimate of drug-likeness (QED) is 0.816. The molecule has 0 fully saturated rings. The van der Waals surface area contributed by atoms with E-state index in [1.165, 1.54) is 11.1 Å². The largest absolute Gasteiger partial charge is 0.369 e. The Bertz CT molecular complexity index is 581. The number of hydrogen-bond donors (Lipinski definition) is 2. The average molecular weight is 284 g/mol. The highest BCUT2D eigenvalue weighted by Crippen LogP contribution is 2.13. The Morgan fingerprint density at radius 2 is 1.81 bits per heavy atom. The van der Waals surface area contributed by atoms with Crippen LogP contribution in [0.15, 0.2) is 30.5 Å². The molecule has 0 aliphatic rings. The molecule has 0 saturated carbocycles. The van der Waals surface area contributed by atoms with Gasteiger partial charge >= 0.3 is 0 Å². The lowest BCUT2D eigenvalue weighted by molar-refractivity contribution is 0.941. The van der Waals surface area contributed by atoms with E-state index in [9.17, 15) is 0 Å². The number of aryl methyl sites for hydroxylation is 2. The number of nitrogens with one attached hydrogen (secondary N) is 2. The molecule has 0 radical (unpaired) electrons. The van der Waals surface area contributed by atoms with Gasteiger partial charge in [-0.05, 0) is 37.8 Å². The predicted molar refractivity (Wildman–Crippen MR) is 88.9 cm³/mol. The van der Waals surface area contributed by atoms with Crippen molar-refractivity contribution in [2.75, 3.05) is 23.7 Å². The van der Waals surface area contributed by atoms with Gasteiger partial charge in [-0.15, -0.1) is 0 Å². The highest BCUT2D eigenvalue weighted by atomic mass is 15.1. The van der Waals surface area contributed by atoms with E-state index < -0.39 is 0 Å². The molecular weight excluding hydrogens is 260 g/mol. The smallest absolute Gasteiger partial charge is 0.224 e.